The number of halogens is 3. The molecule has 1 aliphatic rings. The number of hydrogen-bond acceptors (Lipinski definition) is 4. The largest absolute Gasteiger partial charge is 0.416 e. The number of carbonyl (C=O) groups excluding carboxylic acids is 1. The van der Waals surface area contributed by atoms with Gasteiger partial charge in [-0.2, -0.15) is 18.3 Å². The molecule has 40 heavy (non-hydrogen) atoms. The maximum Gasteiger partial charge on any atom is 0.416 e. The second kappa shape index (κ2) is 11.6. The zero-order valence-corrected chi connectivity index (χ0v) is 22.2. The molecule has 5 rings (SSSR count). The molecule has 3 aromatic carbocycles. The molecule has 2 heterocycles. The van der Waals surface area contributed by atoms with Crippen molar-refractivity contribution < 1.29 is 18.0 Å². The maximum absolute atomic E-state index is 13.4. The zero-order valence-electron chi connectivity index (χ0n) is 22.2. The Kier molecular flexibility index (Phi) is 8.02. The number of aryl methyl sites for hydroxylation is 1. The van der Waals surface area contributed by atoms with Gasteiger partial charge in [-0.25, -0.2) is 4.68 Å². The van der Waals surface area contributed by atoms with Gasteiger partial charge in [0.25, 0.3) is 5.56 Å². The number of fused-ring (bicyclic) bond motifs is 1. The number of nitrogens with zero attached hydrogens (tertiary/aromatic N) is 3. The molecule has 9 heteroatoms. The summed E-state index contributed by atoms with van der Waals surface area (Å²) in [6.07, 6.45) is -1.79. The second-order valence-corrected chi connectivity index (χ2v) is 10.3. The van der Waals surface area contributed by atoms with Crippen LogP contribution in [0.1, 0.15) is 43.2 Å². The number of carbonyl (C=O) groups is 1. The van der Waals surface area contributed by atoms with E-state index in [9.17, 15) is 22.8 Å². The molecule has 1 saturated heterocycles. The number of likely N-dealkylation sites (tertiary alicyclic amines) is 1. The molecule has 1 aliphatic heterocycles. The number of aromatic nitrogens is 2. The third kappa shape index (κ3) is 6.25. The third-order valence-electron chi connectivity index (χ3n) is 7.44. The van der Waals surface area contributed by atoms with E-state index < -0.39 is 11.7 Å². The van der Waals surface area contributed by atoms with E-state index in [1.165, 1.54) is 23.2 Å². The number of alkyl halides is 3. The van der Waals surface area contributed by atoms with Crippen LogP contribution in [-0.4, -0.2) is 40.2 Å². The monoisotopic (exact) mass is 548 g/mol. The normalized spacial score (nSPS) is 14.9. The summed E-state index contributed by atoms with van der Waals surface area (Å²) in [5.41, 5.74) is 1.72. The summed E-state index contributed by atoms with van der Waals surface area (Å²) >= 11 is 0. The van der Waals surface area contributed by atoms with Gasteiger partial charge in [-0.05, 0) is 80.7 Å². The smallest absolute Gasteiger partial charge is 0.326 e. The first kappa shape index (κ1) is 27.6. The Bertz CT molecular complexity index is 1570. The van der Waals surface area contributed by atoms with Crippen LogP contribution < -0.4 is 10.9 Å². The third-order valence-corrected chi connectivity index (χ3v) is 7.44. The Labute approximate surface area is 230 Å². The van der Waals surface area contributed by atoms with E-state index in [0.29, 0.717) is 40.9 Å². The van der Waals surface area contributed by atoms with Crippen LogP contribution >= 0.6 is 0 Å². The Morgan fingerprint density at radius 2 is 1.68 bits per heavy atom. The van der Waals surface area contributed by atoms with Crippen molar-refractivity contribution in [1.29, 1.82) is 0 Å². The first-order valence-corrected chi connectivity index (χ1v) is 13.5. The van der Waals surface area contributed by atoms with Crippen molar-refractivity contribution >= 4 is 22.4 Å². The van der Waals surface area contributed by atoms with Crippen LogP contribution in [0.3, 0.4) is 0 Å². The topological polar surface area (TPSA) is 67.2 Å². The van der Waals surface area contributed by atoms with E-state index in [1.807, 2.05) is 18.2 Å². The molecule has 1 fully saturated rings. The fourth-order valence-electron chi connectivity index (χ4n) is 5.45. The lowest BCUT2D eigenvalue weighted by Crippen LogP contribution is -2.34. The maximum atomic E-state index is 13.4. The van der Waals surface area contributed by atoms with Gasteiger partial charge in [0.05, 0.1) is 16.6 Å². The van der Waals surface area contributed by atoms with Gasteiger partial charge in [-0.3, -0.25) is 9.59 Å². The average Bonchev–Trinajstić information content (AvgIpc) is 2.94. The van der Waals surface area contributed by atoms with Gasteiger partial charge in [0, 0.05) is 30.1 Å². The predicted molar refractivity (Wildman–Crippen MR) is 150 cm³/mol. The lowest BCUT2D eigenvalue weighted by molar-refractivity contribution is -0.137. The number of amides is 1. The summed E-state index contributed by atoms with van der Waals surface area (Å²) < 4.78 is 41.5. The summed E-state index contributed by atoms with van der Waals surface area (Å²) in [6, 6.07) is 20.0. The van der Waals surface area contributed by atoms with Gasteiger partial charge in [-0.1, -0.05) is 42.5 Å². The number of piperidine rings is 1. The van der Waals surface area contributed by atoms with Crippen LogP contribution in [0.5, 0.6) is 0 Å². The molecule has 6 nitrogen and oxygen atoms in total. The average molecular weight is 549 g/mol. The van der Waals surface area contributed by atoms with Gasteiger partial charge in [0.2, 0.25) is 5.91 Å². The van der Waals surface area contributed by atoms with Crippen molar-refractivity contribution in [3.05, 3.63) is 94.3 Å². The van der Waals surface area contributed by atoms with Crippen molar-refractivity contribution in [2.45, 2.75) is 44.8 Å². The van der Waals surface area contributed by atoms with Crippen molar-refractivity contribution in [2.24, 2.45) is 0 Å². The van der Waals surface area contributed by atoms with Crippen molar-refractivity contribution in [3.63, 3.8) is 0 Å². The molecule has 0 atom stereocenters. The van der Waals surface area contributed by atoms with Crippen LogP contribution in [0.4, 0.5) is 18.9 Å². The van der Waals surface area contributed by atoms with Crippen LogP contribution in [0, 0.1) is 0 Å². The molecule has 0 aliphatic carbocycles. The highest BCUT2D eigenvalue weighted by Crippen LogP contribution is 2.33. The highest BCUT2D eigenvalue weighted by molar-refractivity contribution is 5.93. The van der Waals surface area contributed by atoms with E-state index in [-0.39, 0.29) is 11.5 Å². The molecule has 1 aromatic heterocycles. The summed E-state index contributed by atoms with van der Waals surface area (Å²) in [6.45, 7) is 4.50. The van der Waals surface area contributed by atoms with E-state index in [2.05, 4.69) is 21.4 Å². The standard InChI is InChI=1S/C31H31F3N4O2/c1-21(39)35-26-10-5-7-23(20-26)22-13-17-37(18-14-22)15-6-16-38-30(40)28-12-3-2-11-27(28)29(36-38)24-8-4-9-25(19-24)31(32,33)34/h2-5,7-12,19-20,22H,6,13-18H2,1H3,(H,35,39). The fourth-order valence-corrected chi connectivity index (χ4v) is 5.45. The molecule has 0 saturated carbocycles. The summed E-state index contributed by atoms with van der Waals surface area (Å²) in [7, 11) is 0. The number of benzene rings is 3. The number of nitrogens with one attached hydrogen (secondary N) is 1. The highest BCUT2D eigenvalue weighted by Gasteiger charge is 2.31. The Morgan fingerprint density at radius 1 is 0.950 bits per heavy atom. The van der Waals surface area contributed by atoms with Crippen molar-refractivity contribution in [2.75, 3.05) is 25.0 Å². The lowest BCUT2D eigenvalue weighted by Gasteiger charge is -2.32. The summed E-state index contributed by atoms with van der Waals surface area (Å²) in [5, 5.41) is 8.36. The van der Waals surface area contributed by atoms with Gasteiger partial charge in [0.15, 0.2) is 0 Å². The molecule has 0 unspecified atom stereocenters. The second-order valence-electron chi connectivity index (χ2n) is 10.3. The van der Waals surface area contributed by atoms with Gasteiger partial charge >= 0.3 is 6.18 Å². The van der Waals surface area contributed by atoms with Gasteiger partial charge in [0.1, 0.15) is 0 Å². The molecule has 208 valence electrons. The zero-order chi connectivity index (χ0) is 28.3. The van der Waals surface area contributed by atoms with Crippen molar-refractivity contribution in [3.8, 4) is 11.3 Å². The summed E-state index contributed by atoms with van der Waals surface area (Å²) in [4.78, 5) is 27.0. The fraction of sp³-hybridized carbons (Fsp3) is 0.323. The van der Waals surface area contributed by atoms with Crippen LogP contribution in [0.15, 0.2) is 77.6 Å². The number of rotatable bonds is 7. The minimum Gasteiger partial charge on any atom is -0.326 e. The Balaban J connectivity index is 1.27. The quantitative estimate of drug-likeness (QED) is 0.294. The van der Waals surface area contributed by atoms with E-state index in [0.717, 1.165) is 50.3 Å². The minimum absolute atomic E-state index is 0.0890. The molecular weight excluding hydrogens is 517 g/mol. The molecule has 1 amide bonds. The Hall–Kier alpha value is -3.98. The minimum atomic E-state index is -4.47. The van der Waals surface area contributed by atoms with Crippen LogP contribution in [0.25, 0.3) is 22.0 Å². The first-order chi connectivity index (χ1) is 19.2. The van der Waals surface area contributed by atoms with E-state index >= 15 is 0 Å². The molecule has 0 bridgehead atoms. The number of anilines is 1. The van der Waals surface area contributed by atoms with Crippen molar-refractivity contribution in [1.82, 2.24) is 14.7 Å². The molecule has 0 spiro atoms. The van der Waals surface area contributed by atoms with Crippen LogP contribution in [-0.2, 0) is 17.5 Å². The molecule has 4 aromatic rings. The van der Waals surface area contributed by atoms with Gasteiger partial charge < -0.3 is 10.2 Å². The highest BCUT2D eigenvalue weighted by atomic mass is 19.4. The number of hydrogen-bond donors (Lipinski definition) is 1. The molecule has 0 radical (unpaired) electrons. The SMILES string of the molecule is CC(=O)Nc1cccc(C2CCN(CCCn3nc(-c4cccc(C(F)(F)F)c4)c4ccccc4c3=O)CC2)c1. The summed E-state index contributed by atoms with van der Waals surface area (Å²) in [5.74, 6) is 0.332. The van der Waals surface area contributed by atoms with E-state index in [1.54, 1.807) is 30.3 Å². The molecular formula is C31H31F3N4O2. The van der Waals surface area contributed by atoms with E-state index in [4.69, 9.17) is 0 Å². The lowest BCUT2D eigenvalue weighted by atomic mass is 9.89. The first-order valence-electron chi connectivity index (χ1n) is 13.5. The van der Waals surface area contributed by atoms with Crippen LogP contribution in [0.2, 0.25) is 0 Å². The van der Waals surface area contributed by atoms with Gasteiger partial charge in [-0.15, -0.1) is 0 Å². The Morgan fingerprint density at radius 3 is 2.40 bits per heavy atom. The molecule has 1 N–H and O–H groups in total. The predicted octanol–water partition coefficient (Wildman–Crippen LogP) is 6.31.